The second kappa shape index (κ2) is 20.9. The van der Waals surface area contributed by atoms with Crippen molar-refractivity contribution in [3.8, 4) is 22.3 Å². The van der Waals surface area contributed by atoms with Crippen LogP contribution >= 0.6 is 11.3 Å². The van der Waals surface area contributed by atoms with E-state index in [1.807, 2.05) is 11.3 Å². The number of nitrogens with zero attached hydrogens (tertiary/aromatic N) is 1. The third-order valence-corrected chi connectivity index (χ3v) is 26.1. The Morgan fingerprint density at radius 2 is 0.547 bits per heavy atom. The van der Waals surface area contributed by atoms with E-state index in [1.165, 1.54) is 251 Å². The van der Waals surface area contributed by atoms with Crippen LogP contribution in [0.5, 0.6) is 0 Å². The predicted molar refractivity (Wildman–Crippen MR) is 492 cm³/mol. The fraction of sp³-hybridized carbons (Fsp3) is 0.0400. The van der Waals surface area contributed by atoms with Crippen LogP contribution in [0.4, 0.5) is 17.1 Å². The molecule has 2 heterocycles. The summed E-state index contributed by atoms with van der Waals surface area (Å²) in [5.41, 5.74) is 55.8. The topological polar surface area (TPSA) is 16.4 Å². The number of furan rings is 1. The maximum absolute atomic E-state index is 8.23. The lowest BCUT2D eigenvalue weighted by Gasteiger charge is -2.49. The van der Waals surface area contributed by atoms with Gasteiger partial charge in [0, 0.05) is 26.8 Å². The Labute approximate surface area is 547 Å². The normalized spacial score (nSPS) is 12.9. The minimum absolute atomic E-state index is 0.342. The van der Waals surface area contributed by atoms with Gasteiger partial charge in [-0.1, -0.05) is 114 Å². The summed E-state index contributed by atoms with van der Waals surface area (Å²) in [4.78, 5) is 2.85. The fourth-order valence-corrected chi connectivity index (χ4v) is 18.9. The molecule has 10 aromatic rings. The lowest BCUT2D eigenvalue weighted by molar-refractivity contribution is 0.617. The van der Waals surface area contributed by atoms with Crippen molar-refractivity contribution in [1.82, 2.24) is 0 Å². The van der Waals surface area contributed by atoms with Crippen LogP contribution in [-0.2, 0) is 5.41 Å². The van der Waals surface area contributed by atoms with E-state index in [-0.39, 0.29) is 5.11 Å². The molecule has 36 heteroatoms. The minimum atomic E-state index is -0.630. The molecule has 0 unspecified atom stereocenters. The summed E-state index contributed by atoms with van der Waals surface area (Å²) in [5.74, 6) is 0. The molecule has 0 spiro atoms. The van der Waals surface area contributed by atoms with Gasteiger partial charge in [-0.15, -0.1) is 66.0 Å². The smallest absolute Gasteiger partial charge is 0.143 e. The molecule has 0 saturated heterocycles. The van der Waals surface area contributed by atoms with Crippen LogP contribution in [0.2, 0.25) is 5.11 Å². The van der Waals surface area contributed by atoms with Crippen molar-refractivity contribution in [3.05, 3.63) is 16.7 Å². The lowest BCUT2D eigenvalue weighted by atomic mass is 9.28. The fourth-order valence-electron chi connectivity index (χ4n) is 17.3. The van der Waals surface area contributed by atoms with Gasteiger partial charge >= 0.3 is 0 Å². The molecule has 0 amide bonds. The van der Waals surface area contributed by atoms with Crippen molar-refractivity contribution in [2.24, 2.45) is 0 Å². The zero-order valence-corrected chi connectivity index (χ0v) is 60.1. The van der Waals surface area contributed by atoms with Crippen LogP contribution < -0.4 is 169 Å². The average Bonchev–Trinajstić information content (AvgIpc) is 1.46. The van der Waals surface area contributed by atoms with Gasteiger partial charge in [0.25, 0.3) is 0 Å². The molecule has 1 aliphatic rings. The highest BCUT2D eigenvalue weighted by Gasteiger charge is 2.56. The first-order valence-electron chi connectivity index (χ1n) is 32.0. The summed E-state index contributed by atoms with van der Waals surface area (Å²) in [6.45, 7) is 0. The van der Waals surface area contributed by atoms with Crippen LogP contribution in [0.1, 0.15) is 16.7 Å². The molecular formula is C50H66B33NOS. The first-order chi connectivity index (χ1) is 39.9. The van der Waals surface area contributed by atoms with Crippen molar-refractivity contribution in [1.29, 1.82) is 0 Å². The van der Waals surface area contributed by atoms with Gasteiger partial charge < -0.3 is 9.32 Å². The molecule has 0 saturated carbocycles. The molecule has 1 aliphatic carbocycles. The number of hydrogen-bond acceptors (Lipinski definition) is 3. The highest BCUT2D eigenvalue weighted by atomic mass is 32.1. The molecule has 2 aromatic heterocycles. The first kappa shape index (κ1) is 63.3. The van der Waals surface area contributed by atoms with E-state index in [0.29, 0.717) is 0 Å². The van der Waals surface area contributed by atoms with E-state index in [1.54, 1.807) is 0 Å². The minimum Gasteiger partial charge on any atom is -0.456 e. The Kier molecular flexibility index (Phi) is 15.4. The molecule has 0 N–H and O–H groups in total. The molecule has 8 aromatic carbocycles. The van der Waals surface area contributed by atoms with E-state index in [4.69, 9.17) is 4.42 Å². The van der Waals surface area contributed by atoms with Gasteiger partial charge in [0.1, 0.15) is 247 Å². The molecule has 2 nitrogen and oxygen atoms in total. The van der Waals surface area contributed by atoms with Crippen LogP contribution in [-0.4, -0.2) is 259 Å². The molecule has 0 fully saturated rings. The van der Waals surface area contributed by atoms with E-state index in [9.17, 15) is 0 Å². The van der Waals surface area contributed by atoms with Gasteiger partial charge in [-0.25, -0.2) is 0 Å². The maximum Gasteiger partial charge on any atom is 0.143 e. The van der Waals surface area contributed by atoms with E-state index in [2.05, 4.69) is 264 Å². The number of anilines is 3. The molecule has 11 rings (SSSR count). The summed E-state index contributed by atoms with van der Waals surface area (Å²) >= 11 is 2.02. The molecule has 0 atom stereocenters. The number of hydrogen-bond donors (Lipinski definition) is 0. The third kappa shape index (κ3) is 7.86. The van der Waals surface area contributed by atoms with Crippen molar-refractivity contribution in [2.45, 2.75) is 10.5 Å². The van der Waals surface area contributed by atoms with Crippen molar-refractivity contribution in [3.63, 3.8) is 0 Å². The van der Waals surface area contributed by atoms with Gasteiger partial charge in [-0.2, -0.15) is 0 Å². The molecule has 382 valence electrons. The number of benzene rings is 8. The van der Waals surface area contributed by atoms with Crippen LogP contribution in [0.15, 0.2) is 4.42 Å². The summed E-state index contributed by atoms with van der Waals surface area (Å²) in [6.07, 6.45) is 0. The Hall–Kier alpha value is -4.28. The molecule has 0 aliphatic heterocycles. The second-order valence-electron chi connectivity index (χ2n) is 28.8. The van der Waals surface area contributed by atoms with Gasteiger partial charge in [0.15, 0.2) is 0 Å². The van der Waals surface area contributed by atoms with E-state index >= 15 is 0 Å². The second-order valence-corrected chi connectivity index (χ2v) is 29.8. The summed E-state index contributed by atoms with van der Waals surface area (Å²) < 4.78 is 11.0. The van der Waals surface area contributed by atoms with E-state index in [0.717, 1.165) is 11.2 Å². The average molecular weight is 1090 g/mol. The molecule has 86 heavy (non-hydrogen) atoms. The molecular weight excluding hydrogens is 1020 g/mol. The summed E-state index contributed by atoms with van der Waals surface area (Å²) in [7, 11) is 79.3. The maximum atomic E-state index is 8.23. The van der Waals surface area contributed by atoms with Crippen molar-refractivity contribution in [2.75, 3.05) is 4.90 Å². The highest BCUT2D eigenvalue weighted by molar-refractivity contribution is 7.28. The molecule has 0 radical (unpaired) electrons. The van der Waals surface area contributed by atoms with Gasteiger partial charge in [0.2, 0.25) is 0 Å². The zero-order valence-electron chi connectivity index (χ0n) is 59.3. The highest BCUT2D eigenvalue weighted by Crippen LogP contribution is 2.60. The van der Waals surface area contributed by atoms with Gasteiger partial charge in [0.05, 0.1) is 45.0 Å². The van der Waals surface area contributed by atoms with Crippen molar-refractivity contribution >= 4 is 493 Å². The van der Waals surface area contributed by atoms with E-state index < -0.39 is 5.41 Å². The van der Waals surface area contributed by atoms with Crippen LogP contribution in [0.25, 0.3) is 64.4 Å². The summed E-state index contributed by atoms with van der Waals surface area (Å²) in [6, 6.07) is 0. The Balaban J connectivity index is 1.48. The molecule has 0 bridgehead atoms. The Bertz CT molecular complexity index is 4760. The third-order valence-electron chi connectivity index (χ3n) is 24.8. The quantitative estimate of drug-likeness (QED) is 0.154. The van der Waals surface area contributed by atoms with Crippen LogP contribution in [0, 0.1) is 0 Å². The van der Waals surface area contributed by atoms with Crippen LogP contribution in [0.3, 0.4) is 0 Å². The SMILES string of the molecule is Bc1c(B)c(B)c(-c2c(B)c(B)c(N(c3c(B)c(B)c(B)c4c3sc3c(B)c(B)c(B)c(B)c34)c3c(B)c(B)c(C4(C(B)(B)B)c5c(B)c(B)c(B)c(B)c5-c5c(B)c(B)c(B)c(B)c54)c4oc5c(B)c(B)c(B)c(B)c5c34)c(B)c2B)c(B)c1B. The Morgan fingerprint density at radius 3 is 0.988 bits per heavy atom. The summed E-state index contributed by atoms with van der Waals surface area (Å²) in [5, 5.41) is 4.92. The predicted octanol–water partition coefficient (Wildman–Crippen LogP) is -40.9. The largest absolute Gasteiger partial charge is 0.456 e. The van der Waals surface area contributed by atoms with Gasteiger partial charge in [-0.05, 0) is 44.2 Å². The van der Waals surface area contributed by atoms with Gasteiger partial charge in [-0.3, -0.25) is 0 Å². The zero-order chi connectivity index (χ0) is 63.7. The number of fused-ring (bicyclic) bond motifs is 9. The van der Waals surface area contributed by atoms with Crippen molar-refractivity contribution < 1.29 is 4.42 Å². The lowest BCUT2D eigenvalue weighted by Crippen LogP contribution is -2.58. The number of thiophene rings is 1. The standard InChI is InChI=1S/C50H66B33NOS/c51-12-1-2-10(22(61)32(71)25(64)13(2)52)49(50(81,82)83,9(1)21(60)31(70)24(12)63)11-23(62)38(77)42(8-5-18(57)28(67)34(73)40(79)46(5)85-45(8)11)84(43-36(75)16(55)4(17(56)37(43)76)3-14(53)26(65)33(72)27(66)15(3)54)44-39(78)30(69)20(59)7-6-19(58)29(68)35(74)41(80)47(6)86-48(7)44/h51-83H2. The monoisotopic (exact) mass is 1090 g/mol. The first-order valence-corrected chi connectivity index (χ1v) is 32.8. The Morgan fingerprint density at radius 1 is 0.244 bits per heavy atom. The number of rotatable bonds is 6.